The molecule has 0 spiro atoms. The van der Waals surface area contributed by atoms with Gasteiger partial charge in [-0.15, -0.1) is 0 Å². The molecular formula is C11H14BrClN2O. The van der Waals surface area contributed by atoms with Crippen LogP contribution in [0.5, 0.6) is 0 Å². The highest BCUT2D eigenvalue weighted by Crippen LogP contribution is 2.33. The first kappa shape index (κ1) is 12.3. The first-order valence-corrected chi connectivity index (χ1v) is 6.61. The third kappa shape index (κ3) is 2.39. The Morgan fingerprint density at radius 3 is 2.75 bits per heavy atom. The van der Waals surface area contributed by atoms with E-state index in [1.807, 2.05) is 0 Å². The molecule has 1 atom stereocenters. The van der Waals surface area contributed by atoms with E-state index in [0.717, 1.165) is 35.4 Å². The van der Waals surface area contributed by atoms with Crippen LogP contribution in [0.3, 0.4) is 0 Å². The van der Waals surface area contributed by atoms with Crippen LogP contribution in [-0.2, 0) is 4.74 Å². The van der Waals surface area contributed by atoms with Crippen molar-refractivity contribution >= 4 is 27.5 Å². The second-order valence-corrected chi connectivity index (χ2v) is 5.38. The molecule has 0 aromatic carbocycles. The summed E-state index contributed by atoms with van der Waals surface area (Å²) in [5, 5.41) is 0.476. The van der Waals surface area contributed by atoms with Crippen molar-refractivity contribution in [3.05, 3.63) is 21.1 Å². The molecule has 5 heteroatoms. The summed E-state index contributed by atoms with van der Waals surface area (Å²) in [6.07, 6.45) is 2.07. The molecule has 0 aliphatic carbocycles. The maximum absolute atomic E-state index is 6.09. The van der Waals surface area contributed by atoms with Crippen LogP contribution in [0, 0.1) is 0 Å². The van der Waals surface area contributed by atoms with Gasteiger partial charge in [-0.25, -0.2) is 9.97 Å². The number of rotatable bonds is 2. The van der Waals surface area contributed by atoms with Crippen LogP contribution < -0.4 is 0 Å². The highest BCUT2D eigenvalue weighted by Gasteiger charge is 2.23. The third-order valence-electron chi connectivity index (χ3n) is 2.62. The van der Waals surface area contributed by atoms with E-state index >= 15 is 0 Å². The predicted molar refractivity (Wildman–Crippen MR) is 66.8 cm³/mol. The van der Waals surface area contributed by atoms with E-state index in [0.29, 0.717) is 11.1 Å². The molecule has 0 amide bonds. The molecule has 2 rings (SSSR count). The van der Waals surface area contributed by atoms with Crippen molar-refractivity contribution < 1.29 is 4.74 Å². The van der Waals surface area contributed by atoms with Gasteiger partial charge in [0, 0.05) is 6.61 Å². The normalized spacial score (nSPS) is 20.7. The standard InChI is InChI=1S/C11H14BrClN2O/c1-6(2)9-8(12)10(13)15-11(14-9)7-4-3-5-16-7/h6-7H,3-5H2,1-2H3. The van der Waals surface area contributed by atoms with Crippen molar-refractivity contribution in [2.24, 2.45) is 0 Å². The van der Waals surface area contributed by atoms with E-state index < -0.39 is 0 Å². The fourth-order valence-electron chi connectivity index (χ4n) is 1.76. The van der Waals surface area contributed by atoms with Crippen LogP contribution in [0.4, 0.5) is 0 Å². The average Bonchev–Trinajstić information content (AvgIpc) is 2.74. The second kappa shape index (κ2) is 4.98. The summed E-state index contributed by atoms with van der Waals surface area (Å²) in [5.41, 5.74) is 0.950. The molecule has 0 saturated carbocycles. The molecule has 1 fully saturated rings. The van der Waals surface area contributed by atoms with Gasteiger partial charge < -0.3 is 4.74 Å². The highest BCUT2D eigenvalue weighted by atomic mass is 79.9. The Bertz CT molecular complexity index is 392. The van der Waals surface area contributed by atoms with Crippen molar-refractivity contribution in [1.29, 1.82) is 0 Å². The van der Waals surface area contributed by atoms with Crippen LogP contribution in [0.2, 0.25) is 5.15 Å². The van der Waals surface area contributed by atoms with Crippen molar-refractivity contribution in [3.8, 4) is 0 Å². The summed E-state index contributed by atoms with van der Waals surface area (Å²) in [7, 11) is 0. The van der Waals surface area contributed by atoms with Gasteiger partial charge in [-0.05, 0) is 34.7 Å². The Kier molecular flexibility index (Phi) is 3.82. The minimum atomic E-state index is 0.0168. The number of hydrogen-bond acceptors (Lipinski definition) is 3. The van der Waals surface area contributed by atoms with Gasteiger partial charge in [-0.3, -0.25) is 0 Å². The fourth-order valence-corrected chi connectivity index (χ4v) is 2.58. The Morgan fingerprint density at radius 1 is 1.44 bits per heavy atom. The minimum absolute atomic E-state index is 0.0168. The van der Waals surface area contributed by atoms with E-state index in [-0.39, 0.29) is 6.10 Å². The predicted octanol–water partition coefficient (Wildman–Crippen LogP) is 3.87. The summed E-state index contributed by atoms with van der Waals surface area (Å²) in [4.78, 5) is 8.83. The lowest BCUT2D eigenvalue weighted by Crippen LogP contribution is -2.07. The fraction of sp³-hybridized carbons (Fsp3) is 0.636. The largest absolute Gasteiger partial charge is 0.370 e. The lowest BCUT2D eigenvalue weighted by Gasteiger charge is -2.13. The topological polar surface area (TPSA) is 35.0 Å². The Hall–Kier alpha value is -0.190. The molecule has 88 valence electrons. The second-order valence-electron chi connectivity index (χ2n) is 4.23. The van der Waals surface area contributed by atoms with Gasteiger partial charge in [0.05, 0.1) is 10.2 Å². The molecule has 0 radical (unpaired) electrons. The summed E-state index contributed by atoms with van der Waals surface area (Å²) < 4.78 is 6.37. The first-order valence-electron chi connectivity index (χ1n) is 5.44. The van der Waals surface area contributed by atoms with Gasteiger partial charge in [-0.1, -0.05) is 25.4 Å². The van der Waals surface area contributed by atoms with E-state index in [9.17, 15) is 0 Å². The van der Waals surface area contributed by atoms with Crippen LogP contribution in [0.25, 0.3) is 0 Å². The van der Waals surface area contributed by atoms with Gasteiger partial charge in [-0.2, -0.15) is 0 Å². The van der Waals surface area contributed by atoms with Gasteiger partial charge in [0.1, 0.15) is 11.3 Å². The number of halogens is 2. The van der Waals surface area contributed by atoms with Crippen molar-refractivity contribution in [1.82, 2.24) is 9.97 Å². The maximum Gasteiger partial charge on any atom is 0.159 e. The molecule has 0 N–H and O–H groups in total. The molecule has 3 nitrogen and oxygen atoms in total. The van der Waals surface area contributed by atoms with E-state index in [2.05, 4.69) is 39.7 Å². The Labute approximate surface area is 109 Å². The van der Waals surface area contributed by atoms with Gasteiger partial charge in [0.2, 0.25) is 0 Å². The summed E-state index contributed by atoms with van der Waals surface area (Å²) in [5.74, 6) is 1.03. The van der Waals surface area contributed by atoms with Gasteiger partial charge in [0.15, 0.2) is 5.82 Å². The average molecular weight is 306 g/mol. The van der Waals surface area contributed by atoms with E-state index in [4.69, 9.17) is 16.3 Å². The summed E-state index contributed by atoms with van der Waals surface area (Å²) >= 11 is 9.51. The molecule has 1 unspecified atom stereocenters. The monoisotopic (exact) mass is 304 g/mol. The number of ether oxygens (including phenoxy) is 1. The zero-order valence-corrected chi connectivity index (χ0v) is 11.7. The number of aromatic nitrogens is 2. The van der Waals surface area contributed by atoms with Crippen molar-refractivity contribution in [2.75, 3.05) is 6.61 Å². The van der Waals surface area contributed by atoms with E-state index in [1.54, 1.807) is 0 Å². The highest BCUT2D eigenvalue weighted by molar-refractivity contribution is 9.10. The first-order chi connectivity index (χ1) is 7.59. The number of hydrogen-bond donors (Lipinski definition) is 0. The van der Waals surface area contributed by atoms with Gasteiger partial charge >= 0.3 is 0 Å². The molecule has 0 bridgehead atoms. The van der Waals surface area contributed by atoms with E-state index in [1.165, 1.54) is 0 Å². The van der Waals surface area contributed by atoms with Crippen LogP contribution in [0.1, 0.15) is 50.2 Å². The Morgan fingerprint density at radius 2 is 2.19 bits per heavy atom. The summed E-state index contributed by atoms with van der Waals surface area (Å²) in [6.45, 7) is 4.96. The SMILES string of the molecule is CC(C)c1nc(C2CCCO2)nc(Cl)c1Br. The quantitative estimate of drug-likeness (QED) is 0.778. The molecule has 1 aliphatic rings. The smallest absolute Gasteiger partial charge is 0.159 e. The Balaban J connectivity index is 2.39. The van der Waals surface area contributed by atoms with Crippen LogP contribution >= 0.6 is 27.5 Å². The molecule has 2 heterocycles. The van der Waals surface area contributed by atoms with Gasteiger partial charge in [0.25, 0.3) is 0 Å². The lowest BCUT2D eigenvalue weighted by molar-refractivity contribution is 0.105. The lowest BCUT2D eigenvalue weighted by atomic mass is 10.1. The zero-order valence-electron chi connectivity index (χ0n) is 9.33. The molecule has 1 aromatic heterocycles. The molecule has 1 saturated heterocycles. The van der Waals surface area contributed by atoms with Crippen LogP contribution in [0.15, 0.2) is 4.47 Å². The zero-order chi connectivity index (χ0) is 11.7. The summed E-state index contributed by atoms with van der Waals surface area (Å²) in [6, 6.07) is 0. The molecular weight excluding hydrogens is 291 g/mol. The molecule has 1 aliphatic heterocycles. The maximum atomic E-state index is 6.09. The van der Waals surface area contributed by atoms with Crippen LogP contribution in [-0.4, -0.2) is 16.6 Å². The number of nitrogens with zero attached hydrogens (tertiary/aromatic N) is 2. The van der Waals surface area contributed by atoms with Crippen molar-refractivity contribution in [2.45, 2.75) is 38.7 Å². The molecule has 16 heavy (non-hydrogen) atoms. The minimum Gasteiger partial charge on any atom is -0.370 e. The van der Waals surface area contributed by atoms with Crippen molar-refractivity contribution in [3.63, 3.8) is 0 Å². The third-order valence-corrected chi connectivity index (χ3v) is 3.90. The molecule has 1 aromatic rings.